The molecule has 1 nitrogen and oxygen atoms in total. The summed E-state index contributed by atoms with van der Waals surface area (Å²) in [6.45, 7) is 15.1. The Hall–Kier alpha value is -0.833. The van der Waals surface area contributed by atoms with Crippen molar-refractivity contribution in [2.24, 2.45) is 0 Å². The fourth-order valence-corrected chi connectivity index (χ4v) is 8.49. The molecule has 0 N–H and O–H groups in total. The highest BCUT2D eigenvalue weighted by molar-refractivity contribution is 6.78. The van der Waals surface area contributed by atoms with Crippen LogP contribution in [0.5, 0.6) is 5.75 Å². The zero-order valence-corrected chi connectivity index (χ0v) is 14.3. The Morgan fingerprint density at radius 2 is 1.42 bits per heavy atom. The van der Waals surface area contributed by atoms with Gasteiger partial charge in [-0.15, -0.1) is 0 Å². The minimum atomic E-state index is -2.06. The summed E-state index contributed by atoms with van der Waals surface area (Å²) in [6, 6.07) is 5.24. The predicted molar refractivity (Wildman–Crippen MR) is 82.8 cm³/mol. The molecule has 19 heavy (non-hydrogen) atoms. The molecule has 3 heteroatoms. The molecule has 108 valence electrons. The van der Waals surface area contributed by atoms with Crippen LogP contribution >= 0.6 is 0 Å². The number of hydrogen-bond donors (Lipinski definition) is 0. The summed E-state index contributed by atoms with van der Waals surface area (Å²) in [4.78, 5) is 0. The minimum absolute atomic E-state index is 0.237. The Balaban J connectivity index is 3.21. The van der Waals surface area contributed by atoms with Crippen molar-refractivity contribution in [3.05, 3.63) is 29.6 Å². The second-order valence-corrected chi connectivity index (χ2v) is 11.7. The van der Waals surface area contributed by atoms with Crippen molar-refractivity contribution in [2.45, 2.75) is 65.1 Å². The van der Waals surface area contributed by atoms with Gasteiger partial charge in [0.15, 0.2) is 5.82 Å². The summed E-state index contributed by atoms with van der Waals surface area (Å²) >= 11 is 0. The van der Waals surface area contributed by atoms with E-state index in [1.54, 1.807) is 12.1 Å². The molecule has 0 fully saturated rings. The lowest BCUT2D eigenvalue weighted by Gasteiger charge is -2.42. The number of rotatable bonds is 5. The van der Waals surface area contributed by atoms with E-state index in [2.05, 4.69) is 41.5 Å². The first-order valence-corrected chi connectivity index (χ1v) is 9.31. The summed E-state index contributed by atoms with van der Waals surface area (Å²) in [7, 11) is -2.06. The van der Waals surface area contributed by atoms with Crippen LogP contribution in [0.15, 0.2) is 18.2 Å². The Kier molecular flexibility index (Phi) is 5.19. The Morgan fingerprint density at radius 1 is 0.947 bits per heavy atom. The van der Waals surface area contributed by atoms with Crippen LogP contribution in [0.2, 0.25) is 16.6 Å². The largest absolute Gasteiger partial charge is 0.541 e. The zero-order valence-electron chi connectivity index (χ0n) is 13.3. The van der Waals surface area contributed by atoms with E-state index in [-0.39, 0.29) is 5.82 Å². The van der Waals surface area contributed by atoms with Gasteiger partial charge in [-0.1, -0.05) is 47.6 Å². The predicted octanol–water partition coefficient (Wildman–Crippen LogP) is 5.69. The van der Waals surface area contributed by atoms with Crippen molar-refractivity contribution >= 4 is 8.32 Å². The normalized spacial score (nSPS) is 12.6. The molecule has 0 saturated carbocycles. The molecule has 0 aliphatic heterocycles. The second-order valence-electron chi connectivity index (χ2n) is 6.35. The molecule has 0 saturated heterocycles. The van der Waals surface area contributed by atoms with E-state index in [1.165, 1.54) is 0 Å². The molecule has 0 spiro atoms. The average Bonchev–Trinajstić information content (AvgIpc) is 2.26. The van der Waals surface area contributed by atoms with E-state index in [0.717, 1.165) is 5.56 Å². The molecule has 0 atom stereocenters. The third-order valence-corrected chi connectivity index (χ3v) is 10.1. The highest BCUT2D eigenvalue weighted by atomic mass is 28.4. The van der Waals surface area contributed by atoms with E-state index < -0.39 is 8.32 Å². The van der Waals surface area contributed by atoms with Crippen molar-refractivity contribution in [2.75, 3.05) is 0 Å². The lowest BCUT2D eigenvalue weighted by molar-refractivity contribution is 0.446. The SMILES string of the molecule is Cc1ccc(O[Si](C(C)C)(C(C)C)C(C)C)c(F)c1. The molecule has 0 amide bonds. The minimum Gasteiger partial charge on any atom is -0.541 e. The first kappa shape index (κ1) is 16.2. The number of benzene rings is 1. The van der Waals surface area contributed by atoms with Gasteiger partial charge in [-0.25, -0.2) is 4.39 Å². The maximum absolute atomic E-state index is 14.1. The third-order valence-electron chi connectivity index (χ3n) is 4.08. The number of hydrogen-bond acceptors (Lipinski definition) is 1. The lowest BCUT2D eigenvalue weighted by Crippen LogP contribution is -2.50. The standard InChI is InChI=1S/C16H27FOSi/c1-11(2)19(12(3)4,13(5)6)18-16-9-8-14(7)10-15(16)17/h8-13H,1-7H3. The van der Waals surface area contributed by atoms with Crippen LogP contribution in [0.3, 0.4) is 0 Å². The molecule has 0 aromatic heterocycles. The second kappa shape index (κ2) is 6.08. The van der Waals surface area contributed by atoms with E-state index in [1.807, 2.05) is 13.0 Å². The maximum Gasteiger partial charge on any atom is 0.258 e. The summed E-state index contributed by atoms with van der Waals surface area (Å²) < 4.78 is 20.4. The van der Waals surface area contributed by atoms with Gasteiger partial charge in [0.05, 0.1) is 0 Å². The Labute approximate surface area is 118 Å². The number of aryl methyl sites for hydroxylation is 1. The van der Waals surface area contributed by atoms with Crippen molar-refractivity contribution in [1.82, 2.24) is 0 Å². The van der Waals surface area contributed by atoms with Crippen LogP contribution in [-0.4, -0.2) is 8.32 Å². The zero-order chi connectivity index (χ0) is 14.8. The van der Waals surface area contributed by atoms with Crippen LogP contribution < -0.4 is 4.43 Å². The van der Waals surface area contributed by atoms with Gasteiger partial charge in [0.1, 0.15) is 5.75 Å². The first-order chi connectivity index (χ1) is 8.71. The molecule has 1 aromatic rings. The van der Waals surface area contributed by atoms with Crippen LogP contribution in [-0.2, 0) is 0 Å². The van der Waals surface area contributed by atoms with Crippen molar-refractivity contribution in [1.29, 1.82) is 0 Å². The quantitative estimate of drug-likeness (QED) is 0.630. The molecule has 0 radical (unpaired) electrons. The average molecular weight is 282 g/mol. The molecule has 0 heterocycles. The highest BCUT2D eigenvalue weighted by Gasteiger charge is 2.47. The fraction of sp³-hybridized carbons (Fsp3) is 0.625. The molecule has 0 bridgehead atoms. The lowest BCUT2D eigenvalue weighted by atomic mass is 10.2. The summed E-state index contributed by atoms with van der Waals surface area (Å²) in [6.07, 6.45) is 0. The molecule has 0 aliphatic rings. The Morgan fingerprint density at radius 3 is 1.79 bits per heavy atom. The fourth-order valence-electron chi connectivity index (χ4n) is 3.23. The molecule has 1 aromatic carbocycles. The smallest absolute Gasteiger partial charge is 0.258 e. The Bertz CT molecular complexity index is 405. The van der Waals surface area contributed by atoms with Gasteiger partial charge < -0.3 is 4.43 Å². The number of halogens is 1. The van der Waals surface area contributed by atoms with E-state index in [4.69, 9.17) is 4.43 Å². The summed E-state index contributed by atoms with van der Waals surface area (Å²) in [5.74, 6) is 0.187. The van der Waals surface area contributed by atoms with Crippen molar-refractivity contribution in [3.8, 4) is 5.75 Å². The van der Waals surface area contributed by atoms with Crippen LogP contribution in [0.4, 0.5) is 4.39 Å². The van der Waals surface area contributed by atoms with Gasteiger partial charge in [-0.05, 0) is 41.2 Å². The van der Waals surface area contributed by atoms with Gasteiger partial charge in [-0.3, -0.25) is 0 Å². The molecular formula is C16H27FOSi. The summed E-state index contributed by atoms with van der Waals surface area (Å²) in [5.41, 5.74) is 2.28. The van der Waals surface area contributed by atoms with Gasteiger partial charge in [-0.2, -0.15) is 0 Å². The van der Waals surface area contributed by atoms with Crippen molar-refractivity contribution in [3.63, 3.8) is 0 Å². The molecule has 0 aliphatic carbocycles. The third kappa shape index (κ3) is 3.19. The van der Waals surface area contributed by atoms with E-state index >= 15 is 0 Å². The van der Waals surface area contributed by atoms with Crippen LogP contribution in [0.25, 0.3) is 0 Å². The van der Waals surface area contributed by atoms with E-state index in [9.17, 15) is 4.39 Å². The van der Waals surface area contributed by atoms with Gasteiger partial charge in [0.25, 0.3) is 8.32 Å². The van der Waals surface area contributed by atoms with Gasteiger partial charge in [0, 0.05) is 0 Å². The molecular weight excluding hydrogens is 255 g/mol. The molecule has 0 unspecified atom stereocenters. The topological polar surface area (TPSA) is 9.23 Å². The van der Waals surface area contributed by atoms with Gasteiger partial charge in [0.2, 0.25) is 0 Å². The highest BCUT2D eigenvalue weighted by Crippen LogP contribution is 2.43. The van der Waals surface area contributed by atoms with Gasteiger partial charge >= 0.3 is 0 Å². The van der Waals surface area contributed by atoms with Crippen LogP contribution in [0, 0.1) is 12.7 Å². The monoisotopic (exact) mass is 282 g/mol. The summed E-state index contributed by atoms with van der Waals surface area (Å²) in [5, 5.41) is 0. The van der Waals surface area contributed by atoms with E-state index in [0.29, 0.717) is 22.4 Å². The molecule has 1 rings (SSSR count). The maximum atomic E-state index is 14.1. The van der Waals surface area contributed by atoms with Crippen LogP contribution in [0.1, 0.15) is 47.1 Å². The first-order valence-electron chi connectivity index (χ1n) is 7.17. The van der Waals surface area contributed by atoms with Crippen molar-refractivity contribution < 1.29 is 8.82 Å².